The Hall–Kier alpha value is -1.71. The van der Waals surface area contributed by atoms with Crippen LogP contribution < -0.4 is 4.90 Å². The van der Waals surface area contributed by atoms with Gasteiger partial charge in [0, 0.05) is 38.8 Å². The lowest BCUT2D eigenvalue weighted by atomic mass is 10.0. The van der Waals surface area contributed by atoms with E-state index in [1.54, 1.807) is 6.07 Å². The quantitative estimate of drug-likeness (QED) is 0.573. The number of piperidine rings is 1. The lowest BCUT2D eigenvalue weighted by Crippen LogP contribution is -2.39. The fraction of sp³-hybridized carbons (Fsp3) is 0.667. The second-order valence-electron chi connectivity index (χ2n) is 7.66. The Morgan fingerprint density at radius 1 is 1.11 bits per heavy atom. The summed E-state index contributed by atoms with van der Waals surface area (Å²) in [7, 11) is -1.68. The smallest absolute Gasteiger partial charge is 0.293 e. The summed E-state index contributed by atoms with van der Waals surface area (Å²) in [4.78, 5) is 15.4. The Bertz CT molecular complexity index is 799. The number of nitrogens with zero attached hydrogens (tertiary/aromatic N) is 4. The zero-order chi connectivity index (χ0) is 19.6. The minimum atomic E-state index is -3.71. The Kier molecular flexibility index (Phi) is 6.02. The van der Waals surface area contributed by atoms with E-state index in [0.29, 0.717) is 31.2 Å². The van der Waals surface area contributed by atoms with Crippen molar-refractivity contribution in [2.45, 2.75) is 31.1 Å². The third-order valence-corrected chi connectivity index (χ3v) is 7.32. The van der Waals surface area contributed by atoms with E-state index in [2.05, 4.69) is 4.90 Å². The number of nitro groups is 1. The topological polar surface area (TPSA) is 87.0 Å². The average molecular weight is 397 g/mol. The summed E-state index contributed by atoms with van der Waals surface area (Å²) in [6, 6.07) is 4.35. The Labute approximate surface area is 160 Å². The van der Waals surface area contributed by atoms with Crippen LogP contribution in [-0.2, 0) is 10.0 Å². The fourth-order valence-corrected chi connectivity index (χ4v) is 5.50. The summed E-state index contributed by atoms with van der Waals surface area (Å²) < 4.78 is 27.4. The Morgan fingerprint density at radius 3 is 2.59 bits per heavy atom. The van der Waals surface area contributed by atoms with E-state index >= 15 is 0 Å². The summed E-state index contributed by atoms with van der Waals surface area (Å²) in [5.41, 5.74) is 0.368. The van der Waals surface area contributed by atoms with Gasteiger partial charge in [0.1, 0.15) is 5.69 Å². The zero-order valence-corrected chi connectivity index (χ0v) is 16.8. The van der Waals surface area contributed by atoms with Gasteiger partial charge in [0.25, 0.3) is 5.69 Å². The van der Waals surface area contributed by atoms with Gasteiger partial charge in [0.15, 0.2) is 0 Å². The van der Waals surface area contributed by atoms with E-state index in [-0.39, 0.29) is 10.6 Å². The van der Waals surface area contributed by atoms with Gasteiger partial charge < -0.3 is 9.80 Å². The summed E-state index contributed by atoms with van der Waals surface area (Å²) in [5.74, 6) is 0.303. The molecule has 0 aromatic heterocycles. The highest BCUT2D eigenvalue weighted by Gasteiger charge is 2.31. The molecule has 0 bridgehead atoms. The second kappa shape index (κ2) is 8.12. The number of likely N-dealkylation sites (N-methyl/N-ethyl adjacent to an activating group) is 1. The molecule has 0 radical (unpaired) electrons. The molecule has 0 spiro atoms. The molecule has 2 fully saturated rings. The third kappa shape index (κ3) is 4.41. The summed E-state index contributed by atoms with van der Waals surface area (Å²) in [6.45, 7) is 6.15. The van der Waals surface area contributed by atoms with Gasteiger partial charge in [0.2, 0.25) is 10.0 Å². The molecule has 1 aromatic carbocycles. The van der Waals surface area contributed by atoms with Crippen molar-refractivity contribution >= 4 is 21.4 Å². The maximum atomic E-state index is 13.0. The van der Waals surface area contributed by atoms with E-state index in [0.717, 1.165) is 38.9 Å². The molecule has 0 saturated carbocycles. The molecule has 2 heterocycles. The van der Waals surface area contributed by atoms with Gasteiger partial charge in [-0.1, -0.05) is 6.92 Å². The highest BCUT2D eigenvalue weighted by molar-refractivity contribution is 7.89. The monoisotopic (exact) mass is 396 g/mol. The van der Waals surface area contributed by atoms with Crippen molar-refractivity contribution in [2.24, 2.45) is 5.92 Å². The maximum absolute atomic E-state index is 13.0. The van der Waals surface area contributed by atoms with Crippen molar-refractivity contribution in [3.8, 4) is 0 Å². The SMILES string of the molecule is C[C@@H]1CCCN(S(=O)(=O)c2ccc(N3CCCN(C)CC3)c([N+](=O)[O-])c2)C1. The van der Waals surface area contributed by atoms with Crippen LogP contribution in [0, 0.1) is 16.0 Å². The highest BCUT2D eigenvalue weighted by Crippen LogP contribution is 2.33. The van der Waals surface area contributed by atoms with Crippen LogP contribution in [0.1, 0.15) is 26.2 Å². The van der Waals surface area contributed by atoms with Crippen molar-refractivity contribution in [1.82, 2.24) is 9.21 Å². The molecule has 0 N–H and O–H groups in total. The van der Waals surface area contributed by atoms with Crippen molar-refractivity contribution in [2.75, 3.05) is 51.2 Å². The Balaban J connectivity index is 1.92. The van der Waals surface area contributed by atoms with E-state index in [4.69, 9.17) is 0 Å². The highest BCUT2D eigenvalue weighted by atomic mass is 32.2. The molecule has 0 aliphatic carbocycles. The first-order valence-electron chi connectivity index (χ1n) is 9.51. The molecule has 27 heavy (non-hydrogen) atoms. The maximum Gasteiger partial charge on any atom is 0.293 e. The van der Waals surface area contributed by atoms with Crippen LogP contribution in [0.25, 0.3) is 0 Å². The second-order valence-corrected chi connectivity index (χ2v) is 9.60. The molecule has 0 unspecified atom stereocenters. The van der Waals surface area contributed by atoms with E-state index < -0.39 is 14.9 Å². The molecule has 8 nitrogen and oxygen atoms in total. The van der Waals surface area contributed by atoms with E-state index in [1.165, 1.54) is 16.4 Å². The van der Waals surface area contributed by atoms with Gasteiger partial charge in [-0.25, -0.2) is 8.42 Å². The number of sulfonamides is 1. The predicted molar refractivity (Wildman–Crippen MR) is 105 cm³/mol. The minimum absolute atomic E-state index is 0.0130. The molecule has 1 atom stereocenters. The summed E-state index contributed by atoms with van der Waals surface area (Å²) in [5, 5.41) is 11.7. The number of anilines is 1. The average Bonchev–Trinajstić information content (AvgIpc) is 2.85. The van der Waals surface area contributed by atoms with Crippen LogP contribution in [0.3, 0.4) is 0 Å². The van der Waals surface area contributed by atoms with Gasteiger partial charge >= 0.3 is 0 Å². The van der Waals surface area contributed by atoms with Crippen LogP contribution in [0.15, 0.2) is 23.1 Å². The summed E-state index contributed by atoms with van der Waals surface area (Å²) >= 11 is 0. The normalized spacial score (nSPS) is 23.2. The molecular weight excluding hydrogens is 368 g/mol. The van der Waals surface area contributed by atoms with Crippen LogP contribution in [-0.4, -0.2) is 68.9 Å². The molecule has 1 aromatic rings. The fourth-order valence-electron chi connectivity index (χ4n) is 3.88. The van der Waals surface area contributed by atoms with Gasteiger partial charge in [-0.2, -0.15) is 4.31 Å². The van der Waals surface area contributed by atoms with Crippen LogP contribution >= 0.6 is 0 Å². The van der Waals surface area contributed by atoms with Gasteiger partial charge in [-0.3, -0.25) is 10.1 Å². The van der Waals surface area contributed by atoms with Gasteiger partial charge in [0.05, 0.1) is 9.82 Å². The number of benzene rings is 1. The van der Waals surface area contributed by atoms with E-state index in [9.17, 15) is 18.5 Å². The number of nitro benzene ring substituents is 1. The third-order valence-electron chi connectivity index (χ3n) is 5.46. The first-order chi connectivity index (χ1) is 12.8. The van der Waals surface area contributed by atoms with E-state index in [1.807, 2.05) is 18.9 Å². The van der Waals surface area contributed by atoms with Crippen LogP contribution in [0.5, 0.6) is 0 Å². The largest absolute Gasteiger partial charge is 0.365 e. The van der Waals surface area contributed by atoms with Crippen molar-refractivity contribution in [3.05, 3.63) is 28.3 Å². The lowest BCUT2D eigenvalue weighted by Gasteiger charge is -2.30. The van der Waals surface area contributed by atoms with Gasteiger partial charge in [-0.05, 0) is 50.9 Å². The molecule has 2 saturated heterocycles. The molecular formula is C18H28N4O4S. The summed E-state index contributed by atoms with van der Waals surface area (Å²) in [6.07, 6.45) is 2.75. The lowest BCUT2D eigenvalue weighted by molar-refractivity contribution is -0.384. The predicted octanol–water partition coefficient (Wildman–Crippen LogP) is 2.16. The molecule has 2 aliphatic rings. The minimum Gasteiger partial charge on any atom is -0.365 e. The van der Waals surface area contributed by atoms with Crippen LogP contribution in [0.4, 0.5) is 11.4 Å². The first-order valence-corrected chi connectivity index (χ1v) is 10.9. The molecule has 9 heteroatoms. The van der Waals surface area contributed by atoms with Crippen molar-refractivity contribution < 1.29 is 13.3 Å². The molecule has 150 valence electrons. The van der Waals surface area contributed by atoms with Gasteiger partial charge in [-0.15, -0.1) is 0 Å². The number of hydrogen-bond donors (Lipinski definition) is 0. The molecule has 0 amide bonds. The molecule has 2 aliphatic heterocycles. The molecule has 3 rings (SSSR count). The zero-order valence-electron chi connectivity index (χ0n) is 16.0. The Morgan fingerprint density at radius 2 is 1.89 bits per heavy atom. The number of hydrogen-bond acceptors (Lipinski definition) is 6. The number of rotatable bonds is 4. The standard InChI is InChI=1S/C18H28N4O4S/c1-15-5-3-10-21(14-15)27(25,26)16-6-7-17(18(13-16)22(23)24)20-9-4-8-19(2)11-12-20/h6-7,13,15H,3-5,8-12,14H2,1-2H3/t15-/m1/s1. The first kappa shape index (κ1) is 20.0. The van der Waals surface area contributed by atoms with Crippen LogP contribution in [0.2, 0.25) is 0 Å². The van der Waals surface area contributed by atoms with Crippen molar-refractivity contribution in [1.29, 1.82) is 0 Å². The van der Waals surface area contributed by atoms with Crippen molar-refractivity contribution in [3.63, 3.8) is 0 Å².